The molecule has 0 N–H and O–H groups in total. The van der Waals surface area contributed by atoms with Gasteiger partial charge in [0.05, 0.1) is 0 Å². The second kappa shape index (κ2) is 6.59. The number of rotatable bonds is 4. The number of pyridine rings is 1. The van der Waals surface area contributed by atoms with Crippen LogP contribution in [0.25, 0.3) is 0 Å². The van der Waals surface area contributed by atoms with Crippen LogP contribution in [0.3, 0.4) is 0 Å². The Morgan fingerprint density at radius 3 is 2.65 bits per heavy atom. The molecule has 0 bridgehead atoms. The number of cyclic esters (lactones) is 1. The van der Waals surface area contributed by atoms with E-state index in [4.69, 9.17) is 4.74 Å². The van der Waals surface area contributed by atoms with Gasteiger partial charge in [-0.05, 0) is 40.8 Å². The third-order valence-electron chi connectivity index (χ3n) is 4.98. The van der Waals surface area contributed by atoms with Crippen molar-refractivity contribution in [1.29, 1.82) is 0 Å². The van der Waals surface area contributed by atoms with Gasteiger partial charge in [0.2, 0.25) is 0 Å². The van der Waals surface area contributed by atoms with Crippen molar-refractivity contribution in [3.8, 4) is 0 Å². The quantitative estimate of drug-likeness (QED) is 0.594. The number of ether oxygens (including phenoxy) is 1. The molecule has 2 heterocycles. The lowest BCUT2D eigenvalue weighted by Gasteiger charge is -2.41. The summed E-state index contributed by atoms with van der Waals surface area (Å²) in [6.45, 7) is 0.440. The Hall–Kier alpha value is -1.43. The molecule has 23 heavy (non-hydrogen) atoms. The second-order valence-corrected chi connectivity index (χ2v) is 7.46. The molecule has 1 atom stereocenters. The fourth-order valence-electron chi connectivity index (χ4n) is 3.87. The van der Waals surface area contributed by atoms with Crippen molar-refractivity contribution in [2.24, 2.45) is 5.92 Å². The zero-order valence-corrected chi connectivity index (χ0v) is 14.5. The van der Waals surface area contributed by atoms with Gasteiger partial charge in [0.25, 0.3) is 5.56 Å². The standard InChI is InChI=1S/C17H20BrNO4/c18-13-5-6-15(21)19(11-13)8-7-17(12-3-1-2-4-12)10-14(20)9-16(22)23-17/h5-6,11-12H,1-4,7-10H2. The predicted octanol–water partition coefficient (Wildman–Crippen LogP) is 2.84. The maximum Gasteiger partial charge on any atom is 0.313 e. The van der Waals surface area contributed by atoms with E-state index in [1.807, 2.05) is 0 Å². The average Bonchev–Trinajstić information content (AvgIpc) is 3.02. The van der Waals surface area contributed by atoms with Crippen LogP contribution in [0.15, 0.2) is 27.6 Å². The summed E-state index contributed by atoms with van der Waals surface area (Å²) in [5.74, 6) is -0.247. The van der Waals surface area contributed by atoms with Crippen LogP contribution in [0.1, 0.15) is 44.9 Å². The highest BCUT2D eigenvalue weighted by atomic mass is 79.9. The number of Topliss-reactive ketones (excluding diaryl/α,β-unsaturated/α-hetero) is 1. The van der Waals surface area contributed by atoms with Crippen molar-refractivity contribution in [2.45, 2.75) is 57.1 Å². The number of carbonyl (C=O) groups is 2. The largest absolute Gasteiger partial charge is 0.458 e. The molecule has 1 aliphatic heterocycles. The van der Waals surface area contributed by atoms with Gasteiger partial charge in [0, 0.05) is 36.1 Å². The van der Waals surface area contributed by atoms with Crippen molar-refractivity contribution in [3.05, 3.63) is 33.2 Å². The van der Waals surface area contributed by atoms with E-state index in [1.54, 1.807) is 16.8 Å². The summed E-state index contributed by atoms with van der Waals surface area (Å²) in [7, 11) is 0. The number of halogens is 1. The van der Waals surface area contributed by atoms with Gasteiger partial charge in [-0.2, -0.15) is 0 Å². The third kappa shape index (κ3) is 3.57. The van der Waals surface area contributed by atoms with Crippen molar-refractivity contribution in [2.75, 3.05) is 0 Å². The van der Waals surface area contributed by atoms with Gasteiger partial charge in [-0.1, -0.05) is 12.8 Å². The third-order valence-corrected chi connectivity index (χ3v) is 5.45. The molecule has 2 fully saturated rings. The first-order valence-electron chi connectivity index (χ1n) is 8.08. The summed E-state index contributed by atoms with van der Waals surface area (Å²) in [5, 5.41) is 0. The topological polar surface area (TPSA) is 65.4 Å². The summed E-state index contributed by atoms with van der Waals surface area (Å²) >= 11 is 3.36. The van der Waals surface area contributed by atoms with Crippen LogP contribution in [0, 0.1) is 5.92 Å². The molecule has 124 valence electrons. The summed E-state index contributed by atoms with van der Waals surface area (Å²) in [5.41, 5.74) is -0.826. The van der Waals surface area contributed by atoms with Crippen LogP contribution >= 0.6 is 15.9 Å². The van der Waals surface area contributed by atoms with E-state index in [9.17, 15) is 14.4 Å². The van der Waals surface area contributed by atoms with Crippen molar-refractivity contribution < 1.29 is 14.3 Å². The van der Waals surface area contributed by atoms with Crippen LogP contribution in [-0.2, 0) is 20.9 Å². The lowest BCUT2D eigenvalue weighted by atomic mass is 9.77. The number of carbonyl (C=O) groups excluding carboxylic acids is 2. The Balaban J connectivity index is 1.84. The Kier molecular flexibility index (Phi) is 4.71. The SMILES string of the molecule is O=C1CC(=O)OC(CCn2cc(Br)ccc2=O)(C2CCCC2)C1. The molecule has 1 aromatic rings. The zero-order valence-electron chi connectivity index (χ0n) is 12.9. The highest BCUT2D eigenvalue weighted by Crippen LogP contribution is 2.43. The molecular weight excluding hydrogens is 362 g/mol. The van der Waals surface area contributed by atoms with Crippen LogP contribution in [0.2, 0.25) is 0 Å². The van der Waals surface area contributed by atoms with E-state index < -0.39 is 11.6 Å². The first kappa shape index (κ1) is 16.4. The summed E-state index contributed by atoms with van der Waals surface area (Å²) in [6, 6.07) is 3.21. The molecule has 0 radical (unpaired) electrons. The maximum atomic E-state index is 12.0. The number of aryl methyl sites for hydroxylation is 1. The van der Waals surface area contributed by atoms with Crippen molar-refractivity contribution in [1.82, 2.24) is 4.57 Å². The number of esters is 1. The number of ketones is 1. The normalized spacial score (nSPS) is 25.6. The Morgan fingerprint density at radius 2 is 1.96 bits per heavy atom. The lowest BCUT2D eigenvalue weighted by molar-refractivity contribution is -0.179. The Bertz CT molecular complexity index is 659. The summed E-state index contributed by atoms with van der Waals surface area (Å²) in [6.07, 6.45) is 6.58. The number of hydrogen-bond donors (Lipinski definition) is 0. The Morgan fingerprint density at radius 1 is 1.22 bits per heavy atom. The lowest BCUT2D eigenvalue weighted by Crippen LogP contribution is -2.48. The smallest absolute Gasteiger partial charge is 0.313 e. The molecule has 1 saturated carbocycles. The van der Waals surface area contributed by atoms with Crippen molar-refractivity contribution in [3.63, 3.8) is 0 Å². The molecule has 1 aliphatic carbocycles. The highest BCUT2D eigenvalue weighted by molar-refractivity contribution is 9.10. The molecular formula is C17H20BrNO4. The minimum Gasteiger partial charge on any atom is -0.458 e. The van der Waals surface area contributed by atoms with Crippen LogP contribution < -0.4 is 5.56 Å². The number of aromatic nitrogens is 1. The minimum atomic E-state index is -0.731. The fraction of sp³-hybridized carbons (Fsp3) is 0.588. The summed E-state index contributed by atoms with van der Waals surface area (Å²) in [4.78, 5) is 35.8. The van der Waals surface area contributed by atoms with Gasteiger partial charge >= 0.3 is 5.97 Å². The molecule has 0 amide bonds. The molecule has 3 rings (SSSR count). The van der Waals surface area contributed by atoms with E-state index in [2.05, 4.69) is 15.9 Å². The van der Waals surface area contributed by atoms with E-state index >= 15 is 0 Å². The first-order chi connectivity index (χ1) is 11.0. The average molecular weight is 382 g/mol. The van der Waals surface area contributed by atoms with Gasteiger partial charge in [-0.25, -0.2) is 0 Å². The van der Waals surface area contributed by atoms with Gasteiger partial charge in [-0.15, -0.1) is 0 Å². The number of nitrogens with zero attached hydrogens (tertiary/aromatic N) is 1. The molecule has 1 saturated heterocycles. The van der Waals surface area contributed by atoms with Gasteiger partial charge in [0.1, 0.15) is 17.8 Å². The summed E-state index contributed by atoms with van der Waals surface area (Å²) < 4.78 is 8.16. The van der Waals surface area contributed by atoms with E-state index in [1.165, 1.54) is 6.07 Å². The monoisotopic (exact) mass is 381 g/mol. The van der Waals surface area contributed by atoms with Crippen LogP contribution in [0.5, 0.6) is 0 Å². The van der Waals surface area contributed by atoms with Gasteiger partial charge < -0.3 is 9.30 Å². The van der Waals surface area contributed by atoms with E-state index in [0.717, 1.165) is 30.2 Å². The van der Waals surface area contributed by atoms with E-state index in [0.29, 0.717) is 13.0 Å². The maximum absolute atomic E-state index is 12.0. The fourth-order valence-corrected chi connectivity index (χ4v) is 4.25. The Labute approximate surface area is 143 Å². The molecule has 6 heteroatoms. The first-order valence-corrected chi connectivity index (χ1v) is 8.87. The predicted molar refractivity (Wildman–Crippen MR) is 88.0 cm³/mol. The minimum absolute atomic E-state index is 0.0465. The molecule has 1 unspecified atom stereocenters. The van der Waals surface area contributed by atoms with Crippen LogP contribution in [0.4, 0.5) is 0 Å². The van der Waals surface area contributed by atoms with Gasteiger partial charge in [-0.3, -0.25) is 14.4 Å². The molecule has 0 spiro atoms. The zero-order chi connectivity index (χ0) is 16.4. The molecule has 5 nitrogen and oxygen atoms in total. The van der Waals surface area contributed by atoms with Gasteiger partial charge in [0.15, 0.2) is 0 Å². The van der Waals surface area contributed by atoms with Crippen LogP contribution in [-0.4, -0.2) is 21.9 Å². The highest BCUT2D eigenvalue weighted by Gasteiger charge is 2.47. The second-order valence-electron chi connectivity index (χ2n) is 6.54. The van der Waals surface area contributed by atoms with Crippen molar-refractivity contribution >= 4 is 27.7 Å². The molecule has 1 aromatic heterocycles. The molecule has 0 aromatic carbocycles. The number of hydrogen-bond acceptors (Lipinski definition) is 4. The molecule has 2 aliphatic rings. The van der Waals surface area contributed by atoms with E-state index in [-0.39, 0.29) is 30.1 Å².